The summed E-state index contributed by atoms with van der Waals surface area (Å²) in [6, 6.07) is 8.87. The molecule has 0 heterocycles. The molecule has 1 nitrogen and oxygen atoms in total. The SMILES string of the molecule is CCc1ccc(CNCCCCBr)cc1. The van der Waals surface area contributed by atoms with E-state index in [4.69, 9.17) is 0 Å². The Balaban J connectivity index is 2.20. The molecule has 0 spiro atoms. The fourth-order valence-corrected chi connectivity index (χ4v) is 1.87. The van der Waals surface area contributed by atoms with Crippen molar-refractivity contribution in [1.29, 1.82) is 0 Å². The molecular weight excluding hydrogens is 250 g/mol. The molecule has 2 heteroatoms. The van der Waals surface area contributed by atoms with Crippen molar-refractivity contribution in [2.24, 2.45) is 0 Å². The number of hydrogen-bond donors (Lipinski definition) is 1. The molecule has 0 saturated carbocycles. The van der Waals surface area contributed by atoms with Crippen LogP contribution in [0, 0.1) is 0 Å². The summed E-state index contributed by atoms with van der Waals surface area (Å²) < 4.78 is 0. The highest BCUT2D eigenvalue weighted by Crippen LogP contribution is 2.04. The number of halogens is 1. The highest BCUT2D eigenvalue weighted by Gasteiger charge is 1.93. The van der Waals surface area contributed by atoms with Crippen molar-refractivity contribution >= 4 is 15.9 Å². The molecule has 1 N–H and O–H groups in total. The lowest BCUT2D eigenvalue weighted by atomic mass is 10.1. The van der Waals surface area contributed by atoms with Gasteiger partial charge >= 0.3 is 0 Å². The highest BCUT2D eigenvalue weighted by molar-refractivity contribution is 9.09. The van der Waals surface area contributed by atoms with E-state index in [1.165, 1.54) is 24.0 Å². The van der Waals surface area contributed by atoms with E-state index in [0.717, 1.165) is 24.8 Å². The second-order valence-electron chi connectivity index (χ2n) is 3.74. The van der Waals surface area contributed by atoms with E-state index in [0.29, 0.717) is 0 Å². The standard InChI is InChI=1S/C13H20BrN/c1-2-12-5-7-13(8-6-12)11-15-10-4-3-9-14/h5-8,15H,2-4,9-11H2,1H3. The van der Waals surface area contributed by atoms with Gasteiger partial charge in [-0.1, -0.05) is 47.1 Å². The highest BCUT2D eigenvalue weighted by atomic mass is 79.9. The van der Waals surface area contributed by atoms with E-state index in [9.17, 15) is 0 Å². The first-order chi connectivity index (χ1) is 7.36. The third kappa shape index (κ3) is 5.33. The maximum absolute atomic E-state index is 3.45. The summed E-state index contributed by atoms with van der Waals surface area (Å²) in [4.78, 5) is 0. The lowest BCUT2D eigenvalue weighted by Crippen LogP contribution is -2.14. The number of alkyl halides is 1. The van der Waals surface area contributed by atoms with Crippen LogP contribution in [0.5, 0.6) is 0 Å². The van der Waals surface area contributed by atoms with Crippen molar-refractivity contribution in [1.82, 2.24) is 5.32 Å². The Morgan fingerprint density at radius 3 is 2.33 bits per heavy atom. The van der Waals surface area contributed by atoms with Gasteiger partial charge in [0.1, 0.15) is 0 Å². The van der Waals surface area contributed by atoms with Gasteiger partial charge in [0.2, 0.25) is 0 Å². The summed E-state index contributed by atoms with van der Waals surface area (Å²) >= 11 is 3.43. The fraction of sp³-hybridized carbons (Fsp3) is 0.538. The first kappa shape index (κ1) is 12.7. The number of rotatable bonds is 7. The predicted octanol–water partition coefficient (Wildman–Crippen LogP) is 3.51. The van der Waals surface area contributed by atoms with Crippen LogP contribution in [-0.2, 0) is 13.0 Å². The first-order valence-electron chi connectivity index (χ1n) is 5.71. The molecule has 0 fully saturated rings. The number of aryl methyl sites for hydroxylation is 1. The zero-order valence-corrected chi connectivity index (χ0v) is 11.0. The largest absolute Gasteiger partial charge is 0.313 e. The molecule has 84 valence electrons. The summed E-state index contributed by atoms with van der Waals surface area (Å²) in [5, 5.41) is 4.56. The van der Waals surface area contributed by atoms with Crippen LogP contribution in [0.1, 0.15) is 30.9 Å². The van der Waals surface area contributed by atoms with Crippen LogP contribution in [0.4, 0.5) is 0 Å². The van der Waals surface area contributed by atoms with Crippen molar-refractivity contribution in [3.63, 3.8) is 0 Å². The second kappa shape index (κ2) is 7.89. The summed E-state index contributed by atoms with van der Waals surface area (Å²) in [7, 11) is 0. The topological polar surface area (TPSA) is 12.0 Å². The van der Waals surface area contributed by atoms with E-state index < -0.39 is 0 Å². The van der Waals surface area contributed by atoms with Crippen molar-refractivity contribution in [3.05, 3.63) is 35.4 Å². The molecule has 0 bridgehead atoms. The van der Waals surface area contributed by atoms with Crippen molar-refractivity contribution in [3.8, 4) is 0 Å². The van der Waals surface area contributed by atoms with Gasteiger partial charge in [-0.25, -0.2) is 0 Å². The van der Waals surface area contributed by atoms with Crippen LogP contribution in [-0.4, -0.2) is 11.9 Å². The minimum absolute atomic E-state index is 0.992. The van der Waals surface area contributed by atoms with Crippen LogP contribution in [0.2, 0.25) is 0 Å². The number of hydrogen-bond acceptors (Lipinski definition) is 1. The Kier molecular flexibility index (Phi) is 6.69. The molecule has 0 aromatic heterocycles. The fourth-order valence-electron chi connectivity index (χ4n) is 1.47. The molecule has 0 amide bonds. The Hall–Kier alpha value is -0.340. The predicted molar refractivity (Wildman–Crippen MR) is 70.6 cm³/mol. The molecule has 0 radical (unpaired) electrons. The first-order valence-corrected chi connectivity index (χ1v) is 6.83. The molecule has 0 unspecified atom stereocenters. The second-order valence-corrected chi connectivity index (χ2v) is 4.54. The van der Waals surface area contributed by atoms with E-state index >= 15 is 0 Å². The summed E-state index contributed by atoms with van der Waals surface area (Å²) in [6.45, 7) is 4.29. The molecule has 1 aromatic carbocycles. The minimum Gasteiger partial charge on any atom is -0.313 e. The zero-order valence-electron chi connectivity index (χ0n) is 9.43. The molecule has 0 aliphatic heterocycles. The lowest BCUT2D eigenvalue weighted by molar-refractivity contribution is 0.644. The molecule has 1 rings (SSSR count). The summed E-state index contributed by atoms with van der Waals surface area (Å²) in [5.74, 6) is 0. The maximum Gasteiger partial charge on any atom is 0.0205 e. The van der Waals surface area contributed by atoms with Gasteiger partial charge < -0.3 is 5.32 Å². The average Bonchev–Trinajstić information content (AvgIpc) is 2.30. The smallest absolute Gasteiger partial charge is 0.0205 e. The average molecular weight is 270 g/mol. The normalized spacial score (nSPS) is 10.5. The molecule has 1 aromatic rings. The quantitative estimate of drug-likeness (QED) is 0.590. The Morgan fingerprint density at radius 2 is 1.73 bits per heavy atom. The van der Waals surface area contributed by atoms with E-state index in [1.54, 1.807) is 0 Å². The molecular formula is C13H20BrN. The number of nitrogens with one attached hydrogen (secondary N) is 1. The Bertz CT molecular complexity index is 256. The van der Waals surface area contributed by atoms with E-state index in [-0.39, 0.29) is 0 Å². The third-order valence-corrected chi connectivity index (χ3v) is 3.06. The molecule has 0 aliphatic carbocycles. The number of unbranched alkanes of at least 4 members (excludes halogenated alkanes) is 1. The van der Waals surface area contributed by atoms with Crippen LogP contribution < -0.4 is 5.32 Å². The zero-order chi connectivity index (χ0) is 10.9. The van der Waals surface area contributed by atoms with Crippen LogP contribution in [0.3, 0.4) is 0 Å². The molecule has 15 heavy (non-hydrogen) atoms. The van der Waals surface area contributed by atoms with Gasteiger partial charge in [-0.05, 0) is 36.9 Å². The molecule has 0 saturated heterocycles. The van der Waals surface area contributed by atoms with Crippen molar-refractivity contribution in [2.45, 2.75) is 32.7 Å². The van der Waals surface area contributed by atoms with Gasteiger partial charge in [0.25, 0.3) is 0 Å². The Morgan fingerprint density at radius 1 is 1.07 bits per heavy atom. The van der Waals surface area contributed by atoms with E-state index in [2.05, 4.69) is 52.4 Å². The maximum atomic E-state index is 3.45. The van der Waals surface area contributed by atoms with Crippen LogP contribution in [0.15, 0.2) is 24.3 Å². The molecule has 0 aliphatic rings. The van der Waals surface area contributed by atoms with E-state index in [1.807, 2.05) is 0 Å². The Labute approximate surface area is 101 Å². The van der Waals surface area contributed by atoms with Gasteiger partial charge in [0, 0.05) is 11.9 Å². The van der Waals surface area contributed by atoms with Crippen molar-refractivity contribution < 1.29 is 0 Å². The summed E-state index contributed by atoms with van der Waals surface area (Å²) in [6.07, 6.45) is 3.62. The minimum atomic E-state index is 0.992. The lowest BCUT2D eigenvalue weighted by Gasteiger charge is -2.05. The van der Waals surface area contributed by atoms with Gasteiger partial charge in [-0.3, -0.25) is 0 Å². The van der Waals surface area contributed by atoms with Gasteiger partial charge in [-0.2, -0.15) is 0 Å². The monoisotopic (exact) mass is 269 g/mol. The third-order valence-electron chi connectivity index (χ3n) is 2.50. The number of benzene rings is 1. The van der Waals surface area contributed by atoms with Crippen molar-refractivity contribution in [2.75, 3.05) is 11.9 Å². The van der Waals surface area contributed by atoms with Gasteiger partial charge in [0.15, 0.2) is 0 Å². The summed E-state index contributed by atoms with van der Waals surface area (Å²) in [5.41, 5.74) is 2.80. The molecule has 0 atom stereocenters. The van der Waals surface area contributed by atoms with Crippen LogP contribution >= 0.6 is 15.9 Å². The van der Waals surface area contributed by atoms with Gasteiger partial charge in [-0.15, -0.1) is 0 Å². The van der Waals surface area contributed by atoms with Crippen LogP contribution in [0.25, 0.3) is 0 Å². The van der Waals surface area contributed by atoms with Gasteiger partial charge in [0.05, 0.1) is 0 Å².